The topological polar surface area (TPSA) is 36.0 Å². The summed E-state index contributed by atoms with van der Waals surface area (Å²) in [7, 11) is 0. The van der Waals surface area contributed by atoms with Crippen molar-refractivity contribution in [2.45, 2.75) is 34.6 Å². The van der Waals surface area contributed by atoms with Crippen molar-refractivity contribution < 1.29 is 9.53 Å². The Hall–Kier alpha value is -2.95. The minimum Gasteiger partial charge on any atom is -0.453 e. The van der Waals surface area contributed by atoms with E-state index in [0.29, 0.717) is 11.5 Å². The van der Waals surface area contributed by atoms with Gasteiger partial charge < -0.3 is 14.5 Å². The molecule has 0 atom stereocenters. The van der Waals surface area contributed by atoms with Gasteiger partial charge in [0.25, 0.3) is 5.91 Å². The number of nitrogens with zero attached hydrogens (tertiary/aromatic N) is 3. The van der Waals surface area contributed by atoms with Crippen molar-refractivity contribution in [3.63, 3.8) is 0 Å². The molecule has 5 nitrogen and oxygen atoms in total. The molecule has 29 heavy (non-hydrogen) atoms. The van der Waals surface area contributed by atoms with Crippen LogP contribution in [0.5, 0.6) is 11.5 Å². The van der Waals surface area contributed by atoms with Crippen LogP contribution in [0.2, 0.25) is 0 Å². The van der Waals surface area contributed by atoms with E-state index in [0.717, 1.165) is 48.9 Å². The number of carbonyl (C=O) groups excluding carboxylic acids is 1. The van der Waals surface area contributed by atoms with E-state index in [4.69, 9.17) is 4.74 Å². The third-order valence-electron chi connectivity index (χ3n) is 5.38. The van der Waals surface area contributed by atoms with Gasteiger partial charge >= 0.3 is 0 Å². The Balaban J connectivity index is 2.12. The average Bonchev–Trinajstić information content (AvgIpc) is 2.73. The SMILES string of the molecule is CC=CC(=O)N1c2ccc(N(CC)CC)cc2Oc2cc(N(CC)CC)ccc21. The quantitative estimate of drug-likeness (QED) is 0.563. The van der Waals surface area contributed by atoms with E-state index in [1.165, 1.54) is 0 Å². The van der Waals surface area contributed by atoms with Crippen molar-refractivity contribution in [1.82, 2.24) is 0 Å². The fourth-order valence-corrected chi connectivity index (χ4v) is 3.81. The van der Waals surface area contributed by atoms with Crippen molar-refractivity contribution in [2.75, 3.05) is 40.9 Å². The van der Waals surface area contributed by atoms with E-state index < -0.39 is 0 Å². The van der Waals surface area contributed by atoms with Crippen LogP contribution in [0.25, 0.3) is 0 Å². The van der Waals surface area contributed by atoms with Gasteiger partial charge in [-0.25, -0.2) is 0 Å². The number of anilines is 4. The fourth-order valence-electron chi connectivity index (χ4n) is 3.81. The summed E-state index contributed by atoms with van der Waals surface area (Å²) >= 11 is 0. The second-order valence-corrected chi connectivity index (χ2v) is 6.92. The third kappa shape index (κ3) is 3.95. The van der Waals surface area contributed by atoms with Gasteiger partial charge in [0.15, 0.2) is 11.5 Å². The molecule has 0 spiro atoms. The molecule has 2 aromatic rings. The molecule has 1 amide bonds. The first-order valence-corrected chi connectivity index (χ1v) is 10.5. The molecule has 0 radical (unpaired) electrons. The zero-order chi connectivity index (χ0) is 21.0. The zero-order valence-corrected chi connectivity index (χ0v) is 18.1. The number of allylic oxidation sites excluding steroid dienone is 1. The molecule has 0 aliphatic carbocycles. The van der Waals surface area contributed by atoms with Gasteiger partial charge in [-0.3, -0.25) is 9.69 Å². The standard InChI is InChI=1S/C24H31N3O2/c1-6-11-24(28)27-20-14-12-18(25(7-2)8-3)16-22(20)29-23-17-19(13-15-21(23)27)26(9-4)10-5/h6,11-17H,7-10H2,1-5H3. The normalized spacial score (nSPS) is 12.4. The molecule has 0 fully saturated rings. The predicted octanol–water partition coefficient (Wildman–Crippen LogP) is 5.73. The van der Waals surface area contributed by atoms with Crippen molar-refractivity contribution in [1.29, 1.82) is 0 Å². The highest BCUT2D eigenvalue weighted by molar-refractivity contribution is 6.10. The van der Waals surface area contributed by atoms with Gasteiger partial charge in [-0.05, 0) is 65.0 Å². The average molecular weight is 394 g/mol. The summed E-state index contributed by atoms with van der Waals surface area (Å²) in [6, 6.07) is 12.1. The summed E-state index contributed by atoms with van der Waals surface area (Å²) in [6.45, 7) is 14.1. The maximum Gasteiger partial charge on any atom is 0.255 e. The molecule has 1 heterocycles. The van der Waals surface area contributed by atoms with Gasteiger partial charge in [-0.1, -0.05) is 6.08 Å². The molecule has 0 unspecified atom stereocenters. The smallest absolute Gasteiger partial charge is 0.255 e. The Morgan fingerprint density at radius 1 is 0.862 bits per heavy atom. The third-order valence-corrected chi connectivity index (χ3v) is 5.38. The Bertz CT molecular complexity index is 837. The Morgan fingerprint density at radius 2 is 1.31 bits per heavy atom. The van der Waals surface area contributed by atoms with Gasteiger partial charge in [0, 0.05) is 49.7 Å². The van der Waals surface area contributed by atoms with Crippen molar-refractivity contribution in [3.8, 4) is 11.5 Å². The maximum absolute atomic E-state index is 12.9. The van der Waals surface area contributed by atoms with E-state index in [-0.39, 0.29) is 5.91 Å². The molecule has 0 N–H and O–H groups in total. The van der Waals surface area contributed by atoms with Crippen LogP contribution in [0.15, 0.2) is 48.6 Å². The van der Waals surface area contributed by atoms with Gasteiger partial charge in [0.05, 0.1) is 11.4 Å². The zero-order valence-electron chi connectivity index (χ0n) is 18.1. The Kier molecular flexibility index (Phi) is 6.47. The highest BCUT2D eigenvalue weighted by atomic mass is 16.5. The highest BCUT2D eigenvalue weighted by Crippen LogP contribution is 2.49. The summed E-state index contributed by atoms with van der Waals surface area (Å²) in [4.78, 5) is 19.2. The largest absolute Gasteiger partial charge is 0.453 e. The molecule has 0 bridgehead atoms. The van der Waals surface area contributed by atoms with E-state index in [2.05, 4.69) is 49.6 Å². The number of rotatable bonds is 7. The molecule has 0 saturated heterocycles. The second kappa shape index (κ2) is 9.03. The van der Waals surface area contributed by atoms with Crippen LogP contribution in [0.3, 0.4) is 0 Å². The predicted molar refractivity (Wildman–Crippen MR) is 122 cm³/mol. The van der Waals surface area contributed by atoms with E-state index in [1.807, 2.05) is 31.2 Å². The summed E-state index contributed by atoms with van der Waals surface area (Å²) in [5.41, 5.74) is 3.73. The Morgan fingerprint density at radius 3 is 1.69 bits per heavy atom. The summed E-state index contributed by atoms with van der Waals surface area (Å²) in [6.07, 6.45) is 3.36. The summed E-state index contributed by atoms with van der Waals surface area (Å²) < 4.78 is 6.32. The molecular formula is C24H31N3O2. The first kappa shape index (κ1) is 20.8. The molecule has 3 rings (SSSR count). The Labute approximate surface area is 174 Å². The summed E-state index contributed by atoms with van der Waals surface area (Å²) in [5, 5.41) is 0. The van der Waals surface area contributed by atoms with E-state index >= 15 is 0 Å². The molecule has 0 saturated carbocycles. The van der Waals surface area contributed by atoms with Crippen LogP contribution in [0, 0.1) is 0 Å². The first-order valence-electron chi connectivity index (χ1n) is 10.5. The minimum atomic E-state index is -0.0792. The number of hydrogen-bond acceptors (Lipinski definition) is 4. The second-order valence-electron chi connectivity index (χ2n) is 6.92. The number of benzene rings is 2. The van der Waals surface area contributed by atoms with Crippen molar-refractivity contribution in [3.05, 3.63) is 48.6 Å². The number of fused-ring (bicyclic) bond motifs is 2. The van der Waals surface area contributed by atoms with Crippen molar-refractivity contribution in [2.24, 2.45) is 0 Å². The molecule has 154 valence electrons. The molecule has 1 aliphatic rings. The minimum absolute atomic E-state index is 0.0792. The lowest BCUT2D eigenvalue weighted by atomic mass is 10.1. The molecule has 2 aromatic carbocycles. The lowest BCUT2D eigenvalue weighted by Crippen LogP contribution is -2.28. The maximum atomic E-state index is 12.9. The van der Waals surface area contributed by atoms with Crippen LogP contribution in [-0.2, 0) is 4.79 Å². The summed E-state index contributed by atoms with van der Waals surface area (Å²) in [5.74, 6) is 1.33. The molecule has 5 heteroatoms. The molecular weight excluding hydrogens is 362 g/mol. The van der Waals surface area contributed by atoms with Crippen LogP contribution < -0.4 is 19.4 Å². The number of ether oxygens (including phenoxy) is 1. The van der Waals surface area contributed by atoms with E-state index in [9.17, 15) is 4.79 Å². The molecule has 0 aromatic heterocycles. The first-order chi connectivity index (χ1) is 14.1. The van der Waals surface area contributed by atoms with E-state index in [1.54, 1.807) is 17.1 Å². The van der Waals surface area contributed by atoms with Crippen LogP contribution in [0.4, 0.5) is 22.7 Å². The fraction of sp³-hybridized carbons (Fsp3) is 0.375. The van der Waals surface area contributed by atoms with Crippen LogP contribution in [-0.4, -0.2) is 32.1 Å². The number of amides is 1. The van der Waals surface area contributed by atoms with Crippen molar-refractivity contribution >= 4 is 28.7 Å². The van der Waals surface area contributed by atoms with Crippen LogP contribution in [0.1, 0.15) is 34.6 Å². The van der Waals surface area contributed by atoms with Crippen LogP contribution >= 0.6 is 0 Å². The number of carbonyl (C=O) groups is 1. The monoisotopic (exact) mass is 393 g/mol. The molecule has 1 aliphatic heterocycles. The number of hydrogen-bond donors (Lipinski definition) is 0. The lowest BCUT2D eigenvalue weighted by Gasteiger charge is -2.33. The lowest BCUT2D eigenvalue weighted by molar-refractivity contribution is -0.113. The van der Waals surface area contributed by atoms with Gasteiger partial charge in [-0.15, -0.1) is 0 Å². The highest BCUT2D eigenvalue weighted by Gasteiger charge is 2.29. The van der Waals surface area contributed by atoms with Gasteiger partial charge in [0.2, 0.25) is 0 Å². The van der Waals surface area contributed by atoms with Gasteiger partial charge in [0.1, 0.15) is 0 Å². The van der Waals surface area contributed by atoms with Gasteiger partial charge in [-0.2, -0.15) is 0 Å².